The highest BCUT2D eigenvalue weighted by atomic mass is 35.7. The first-order valence-corrected chi connectivity index (χ1v) is 6.74. The van der Waals surface area contributed by atoms with E-state index in [1.165, 1.54) is 18.5 Å². The second kappa shape index (κ2) is 3.92. The van der Waals surface area contributed by atoms with Crippen LogP contribution >= 0.6 is 10.7 Å². The molecule has 6 heteroatoms. The van der Waals surface area contributed by atoms with Crippen molar-refractivity contribution in [2.24, 2.45) is 0 Å². The van der Waals surface area contributed by atoms with Crippen LogP contribution in [0.3, 0.4) is 0 Å². The van der Waals surface area contributed by atoms with Gasteiger partial charge in [0.2, 0.25) is 5.89 Å². The maximum absolute atomic E-state index is 11.3. The maximum Gasteiger partial charge on any atom is 0.261 e. The third-order valence-electron chi connectivity index (χ3n) is 2.13. The molecule has 0 atom stereocenters. The molecule has 0 spiro atoms. The minimum Gasteiger partial charge on any atom is -0.445 e. The fourth-order valence-corrected chi connectivity index (χ4v) is 2.58. The highest BCUT2D eigenvalue weighted by Gasteiger charge is 2.15. The Kier molecular flexibility index (Phi) is 2.73. The first-order valence-electron chi connectivity index (χ1n) is 4.43. The van der Waals surface area contributed by atoms with Crippen LogP contribution in [-0.4, -0.2) is 13.4 Å². The molecular formula is C10H8ClNO3S. The first kappa shape index (κ1) is 11.2. The minimum atomic E-state index is -3.74. The van der Waals surface area contributed by atoms with E-state index in [-0.39, 0.29) is 4.90 Å². The second-order valence-corrected chi connectivity index (χ2v) is 5.79. The van der Waals surface area contributed by atoms with Gasteiger partial charge in [-0.25, -0.2) is 13.4 Å². The van der Waals surface area contributed by atoms with E-state index < -0.39 is 9.05 Å². The van der Waals surface area contributed by atoms with Crippen molar-refractivity contribution in [1.82, 2.24) is 4.98 Å². The average molecular weight is 258 g/mol. The molecule has 0 saturated carbocycles. The third-order valence-corrected chi connectivity index (χ3v) is 3.59. The summed E-state index contributed by atoms with van der Waals surface area (Å²) in [6, 6.07) is 4.84. The van der Waals surface area contributed by atoms with Crippen LogP contribution in [0.1, 0.15) is 5.56 Å². The van der Waals surface area contributed by atoms with Crippen molar-refractivity contribution in [2.45, 2.75) is 11.8 Å². The molecule has 0 saturated heterocycles. The van der Waals surface area contributed by atoms with Gasteiger partial charge in [0.1, 0.15) is 6.26 Å². The molecule has 0 amide bonds. The number of benzene rings is 1. The molecule has 0 N–H and O–H groups in total. The third kappa shape index (κ3) is 2.10. The van der Waals surface area contributed by atoms with Crippen molar-refractivity contribution in [3.05, 3.63) is 36.2 Å². The summed E-state index contributed by atoms with van der Waals surface area (Å²) in [7, 11) is 1.57. The summed E-state index contributed by atoms with van der Waals surface area (Å²) in [5, 5.41) is 0. The zero-order valence-corrected chi connectivity index (χ0v) is 9.92. The van der Waals surface area contributed by atoms with E-state index >= 15 is 0 Å². The van der Waals surface area contributed by atoms with E-state index in [0.29, 0.717) is 17.0 Å². The van der Waals surface area contributed by atoms with E-state index in [1.54, 1.807) is 19.1 Å². The van der Waals surface area contributed by atoms with Crippen molar-refractivity contribution >= 4 is 19.7 Å². The number of halogens is 1. The number of aryl methyl sites for hydroxylation is 1. The van der Waals surface area contributed by atoms with Crippen LogP contribution in [0.15, 0.2) is 40.0 Å². The molecule has 0 aliphatic rings. The topological polar surface area (TPSA) is 60.2 Å². The highest BCUT2D eigenvalue weighted by Crippen LogP contribution is 2.25. The largest absolute Gasteiger partial charge is 0.445 e. The van der Waals surface area contributed by atoms with Gasteiger partial charge in [0.05, 0.1) is 11.1 Å². The van der Waals surface area contributed by atoms with Gasteiger partial charge in [0, 0.05) is 16.2 Å². The quantitative estimate of drug-likeness (QED) is 0.776. The van der Waals surface area contributed by atoms with Crippen LogP contribution in [0.2, 0.25) is 0 Å². The molecule has 4 nitrogen and oxygen atoms in total. The Hall–Kier alpha value is -1.33. The first-order chi connectivity index (χ1) is 7.48. The van der Waals surface area contributed by atoms with Gasteiger partial charge in [-0.05, 0) is 24.6 Å². The Labute approximate surface area is 97.3 Å². The van der Waals surface area contributed by atoms with Gasteiger partial charge in [0.15, 0.2) is 0 Å². The molecule has 84 valence electrons. The molecule has 0 radical (unpaired) electrons. The van der Waals surface area contributed by atoms with Crippen LogP contribution in [0.4, 0.5) is 0 Å². The van der Waals surface area contributed by atoms with Crippen molar-refractivity contribution in [2.75, 3.05) is 0 Å². The predicted molar refractivity (Wildman–Crippen MR) is 59.7 cm³/mol. The summed E-state index contributed by atoms with van der Waals surface area (Å²) in [5.74, 6) is 0.363. The number of nitrogens with zero attached hydrogens (tertiary/aromatic N) is 1. The van der Waals surface area contributed by atoms with E-state index in [9.17, 15) is 8.42 Å². The van der Waals surface area contributed by atoms with Crippen molar-refractivity contribution in [3.8, 4) is 11.5 Å². The van der Waals surface area contributed by atoms with Crippen LogP contribution in [-0.2, 0) is 9.05 Å². The van der Waals surface area contributed by atoms with Gasteiger partial charge in [0.25, 0.3) is 9.05 Å². The zero-order chi connectivity index (χ0) is 11.8. The Morgan fingerprint density at radius 3 is 2.69 bits per heavy atom. The molecule has 0 unspecified atom stereocenters. The number of hydrogen-bond donors (Lipinski definition) is 0. The molecule has 0 bridgehead atoms. The summed E-state index contributed by atoms with van der Waals surface area (Å²) in [6.07, 6.45) is 2.91. The van der Waals surface area contributed by atoms with Crippen molar-refractivity contribution in [3.63, 3.8) is 0 Å². The molecule has 16 heavy (non-hydrogen) atoms. The van der Waals surface area contributed by atoms with Crippen molar-refractivity contribution < 1.29 is 12.8 Å². The summed E-state index contributed by atoms with van der Waals surface area (Å²) < 4.78 is 27.7. The Balaban J connectivity index is 2.61. The fraction of sp³-hybridized carbons (Fsp3) is 0.100. The Bertz CT molecular complexity index is 605. The monoisotopic (exact) mass is 257 g/mol. The van der Waals surface area contributed by atoms with E-state index in [4.69, 9.17) is 15.1 Å². The summed E-state index contributed by atoms with van der Waals surface area (Å²) in [4.78, 5) is 4.01. The van der Waals surface area contributed by atoms with Gasteiger partial charge < -0.3 is 4.42 Å². The van der Waals surface area contributed by atoms with Crippen molar-refractivity contribution in [1.29, 1.82) is 0 Å². The number of hydrogen-bond acceptors (Lipinski definition) is 4. The molecule has 0 aliphatic carbocycles. The fourth-order valence-electron chi connectivity index (χ4n) is 1.36. The molecule has 1 aromatic carbocycles. The SMILES string of the molecule is Cc1ccc(-c2ncco2)cc1S(=O)(=O)Cl. The summed E-state index contributed by atoms with van der Waals surface area (Å²) in [5.41, 5.74) is 1.17. The Morgan fingerprint density at radius 1 is 1.38 bits per heavy atom. The highest BCUT2D eigenvalue weighted by molar-refractivity contribution is 8.13. The number of rotatable bonds is 2. The lowest BCUT2D eigenvalue weighted by Crippen LogP contribution is -1.95. The lowest BCUT2D eigenvalue weighted by atomic mass is 10.1. The van der Waals surface area contributed by atoms with Gasteiger partial charge >= 0.3 is 0 Å². The molecule has 0 fully saturated rings. The number of aromatic nitrogens is 1. The maximum atomic E-state index is 11.3. The smallest absolute Gasteiger partial charge is 0.261 e. The van der Waals surface area contributed by atoms with E-state index in [2.05, 4.69) is 4.98 Å². The van der Waals surface area contributed by atoms with Gasteiger partial charge in [-0.15, -0.1) is 0 Å². The summed E-state index contributed by atoms with van der Waals surface area (Å²) in [6.45, 7) is 1.68. The zero-order valence-electron chi connectivity index (χ0n) is 8.34. The molecule has 0 aliphatic heterocycles. The molecular weight excluding hydrogens is 250 g/mol. The van der Waals surface area contributed by atoms with Crippen LogP contribution in [0.25, 0.3) is 11.5 Å². The van der Waals surface area contributed by atoms with Gasteiger partial charge in [-0.1, -0.05) is 6.07 Å². The van der Waals surface area contributed by atoms with Crippen LogP contribution in [0.5, 0.6) is 0 Å². The average Bonchev–Trinajstić information content (AvgIpc) is 2.69. The lowest BCUT2D eigenvalue weighted by molar-refractivity contribution is 0.574. The molecule has 1 aromatic heterocycles. The van der Waals surface area contributed by atoms with Gasteiger partial charge in [-0.2, -0.15) is 0 Å². The standard InChI is InChI=1S/C10H8ClNO3S/c1-7-2-3-8(10-12-4-5-15-10)6-9(7)16(11,13)14/h2-6H,1H3. The summed E-state index contributed by atoms with van der Waals surface area (Å²) >= 11 is 0. The Morgan fingerprint density at radius 2 is 2.12 bits per heavy atom. The number of oxazole rings is 1. The lowest BCUT2D eigenvalue weighted by Gasteiger charge is -2.03. The molecule has 1 heterocycles. The normalized spacial score (nSPS) is 11.6. The molecule has 2 rings (SSSR count). The second-order valence-electron chi connectivity index (χ2n) is 3.26. The van der Waals surface area contributed by atoms with Crippen LogP contribution in [0, 0.1) is 6.92 Å². The van der Waals surface area contributed by atoms with Gasteiger partial charge in [-0.3, -0.25) is 0 Å². The van der Waals surface area contributed by atoms with E-state index in [0.717, 1.165) is 0 Å². The predicted octanol–water partition coefficient (Wildman–Crippen LogP) is 2.58. The van der Waals surface area contributed by atoms with E-state index in [1.807, 2.05) is 0 Å². The van der Waals surface area contributed by atoms with Crippen LogP contribution < -0.4 is 0 Å². The minimum absolute atomic E-state index is 0.0740. The molecule has 2 aromatic rings.